The Hall–Kier alpha value is -1.98. The smallest absolute Gasteiger partial charge is 0.334 e. The van der Waals surface area contributed by atoms with Crippen LogP contribution in [-0.2, 0) is 30.9 Å². The van der Waals surface area contributed by atoms with E-state index in [1.165, 1.54) is 0 Å². The number of benzene rings is 2. The minimum absolute atomic E-state index is 0.223. The third kappa shape index (κ3) is 7.01. The molecule has 0 fully saturated rings. The number of phenolic OH excluding ortho intramolecular Hbond substituents is 2. The topological polar surface area (TPSA) is 85.2 Å². The van der Waals surface area contributed by atoms with Gasteiger partial charge in [0.05, 0.1) is 0 Å². The van der Waals surface area contributed by atoms with Gasteiger partial charge in [-0.05, 0) is 85.3 Å². The molecule has 2 aromatic carbocycles. The molecule has 0 aliphatic rings. The van der Waals surface area contributed by atoms with Gasteiger partial charge >= 0.3 is 8.56 Å². The molecule has 2 aromatic rings. The van der Waals surface area contributed by atoms with Gasteiger partial charge < -0.3 is 28.3 Å². The number of carbonyl (C=O) groups excluding carboxylic acids is 1. The molecular formula is C24H36O6Si2. The third-order valence-corrected chi connectivity index (χ3v) is 12.0. The first-order valence-corrected chi connectivity index (χ1v) is 16.2. The predicted molar refractivity (Wildman–Crippen MR) is 132 cm³/mol. The first-order valence-electron chi connectivity index (χ1n) is 10.9. The van der Waals surface area contributed by atoms with Crippen LogP contribution in [0.2, 0.25) is 25.2 Å². The van der Waals surface area contributed by atoms with Gasteiger partial charge in [-0.25, -0.2) is 0 Å². The standard InChI is InChI=1S/C24H36O6Si2/c1-28-31(4,18-25)14-6-8-19-10-12-21(16-23(19)26)22-13-11-20(24(27)17-22)9-7-15-32(5,29-2)30-3/h10-13,16-18,26-27H,6-9,14-15H2,1-5H3. The highest BCUT2D eigenvalue weighted by molar-refractivity contribution is 6.95. The molecule has 0 aromatic heterocycles. The van der Waals surface area contributed by atoms with E-state index in [0.717, 1.165) is 59.5 Å². The van der Waals surface area contributed by atoms with Crippen LogP contribution < -0.4 is 0 Å². The maximum atomic E-state index is 11.2. The lowest BCUT2D eigenvalue weighted by Crippen LogP contribution is -2.35. The predicted octanol–water partition coefficient (Wildman–Crippen LogP) is 4.99. The Kier molecular flexibility index (Phi) is 9.66. The van der Waals surface area contributed by atoms with Crippen LogP contribution in [0.3, 0.4) is 0 Å². The summed E-state index contributed by atoms with van der Waals surface area (Å²) in [6, 6.07) is 12.8. The molecule has 176 valence electrons. The molecule has 6 nitrogen and oxygen atoms in total. The average Bonchev–Trinajstić information content (AvgIpc) is 2.80. The zero-order valence-electron chi connectivity index (χ0n) is 19.8. The molecule has 0 heterocycles. The average molecular weight is 477 g/mol. The highest BCUT2D eigenvalue weighted by Crippen LogP contribution is 2.32. The molecule has 0 saturated heterocycles. The van der Waals surface area contributed by atoms with Crippen LogP contribution in [0, 0.1) is 0 Å². The lowest BCUT2D eigenvalue weighted by Gasteiger charge is -2.22. The number of aromatic hydroxyl groups is 2. The summed E-state index contributed by atoms with van der Waals surface area (Å²) in [4.78, 5) is 11.2. The number of aryl methyl sites for hydroxylation is 2. The van der Waals surface area contributed by atoms with Crippen molar-refractivity contribution in [3.63, 3.8) is 0 Å². The van der Waals surface area contributed by atoms with Crippen LogP contribution in [0.5, 0.6) is 11.5 Å². The van der Waals surface area contributed by atoms with Crippen LogP contribution in [0.25, 0.3) is 11.1 Å². The summed E-state index contributed by atoms with van der Waals surface area (Å²) in [6.45, 7) is 3.93. The van der Waals surface area contributed by atoms with Crippen molar-refractivity contribution < 1.29 is 28.3 Å². The van der Waals surface area contributed by atoms with Gasteiger partial charge in [-0.15, -0.1) is 0 Å². The Labute approximate surface area is 193 Å². The molecule has 0 saturated carbocycles. The van der Waals surface area contributed by atoms with Gasteiger partial charge in [-0.3, -0.25) is 0 Å². The maximum absolute atomic E-state index is 11.2. The summed E-state index contributed by atoms with van der Waals surface area (Å²) >= 11 is 0. The van der Waals surface area contributed by atoms with Crippen molar-refractivity contribution >= 4 is 22.8 Å². The van der Waals surface area contributed by atoms with Crippen LogP contribution in [-0.4, -0.2) is 54.3 Å². The second-order valence-corrected chi connectivity index (χ2v) is 15.9. The van der Waals surface area contributed by atoms with Crippen molar-refractivity contribution in [1.29, 1.82) is 0 Å². The molecule has 0 aliphatic heterocycles. The minimum Gasteiger partial charge on any atom is -0.508 e. The summed E-state index contributed by atoms with van der Waals surface area (Å²) in [5.41, 5.74) is 3.42. The van der Waals surface area contributed by atoms with Crippen molar-refractivity contribution in [3.05, 3.63) is 47.5 Å². The Morgan fingerprint density at radius 1 is 0.781 bits per heavy atom. The van der Waals surface area contributed by atoms with Gasteiger partial charge in [0.2, 0.25) is 0 Å². The second-order valence-electron chi connectivity index (χ2n) is 8.57. The number of hydrogen-bond donors (Lipinski definition) is 2. The van der Waals surface area contributed by atoms with Crippen LogP contribution in [0.15, 0.2) is 36.4 Å². The van der Waals surface area contributed by atoms with E-state index in [2.05, 4.69) is 0 Å². The first kappa shape index (κ1) is 26.3. The fourth-order valence-electron chi connectivity index (χ4n) is 3.64. The zero-order chi connectivity index (χ0) is 23.8. The summed E-state index contributed by atoms with van der Waals surface area (Å²) in [5.74, 6) is 1.44. The van der Waals surface area contributed by atoms with Gasteiger partial charge in [0.15, 0.2) is 0 Å². The molecule has 0 spiro atoms. The molecule has 0 radical (unpaired) electrons. The van der Waals surface area contributed by atoms with Crippen LogP contribution in [0.4, 0.5) is 0 Å². The molecular weight excluding hydrogens is 440 g/mol. The van der Waals surface area contributed by atoms with Crippen molar-refractivity contribution in [2.75, 3.05) is 21.3 Å². The van der Waals surface area contributed by atoms with E-state index < -0.39 is 16.9 Å². The Balaban J connectivity index is 2.02. The molecule has 32 heavy (non-hydrogen) atoms. The van der Waals surface area contributed by atoms with Crippen molar-refractivity contribution in [3.8, 4) is 22.6 Å². The minimum atomic E-state index is -2.27. The molecule has 0 aliphatic carbocycles. The molecule has 8 heteroatoms. The number of carbonyl (C=O) groups is 1. The lowest BCUT2D eigenvalue weighted by atomic mass is 9.98. The van der Waals surface area contributed by atoms with E-state index in [4.69, 9.17) is 13.3 Å². The molecule has 0 bridgehead atoms. The zero-order valence-corrected chi connectivity index (χ0v) is 21.8. The largest absolute Gasteiger partial charge is 0.508 e. The summed E-state index contributed by atoms with van der Waals surface area (Å²) in [6.07, 6.45) is 3.09. The normalized spacial score (nSPS) is 13.7. The van der Waals surface area contributed by atoms with E-state index in [0.29, 0.717) is 6.42 Å². The SMILES string of the molecule is CO[Si](C)(C=O)CCCc1ccc(-c2ccc(CCC[Si](C)(OC)OC)c(O)c2)cc1O. The van der Waals surface area contributed by atoms with Crippen molar-refractivity contribution in [2.24, 2.45) is 0 Å². The molecule has 1 atom stereocenters. The van der Waals surface area contributed by atoms with Crippen LogP contribution in [0.1, 0.15) is 24.0 Å². The van der Waals surface area contributed by atoms with Gasteiger partial charge in [-0.2, -0.15) is 0 Å². The van der Waals surface area contributed by atoms with E-state index in [1.807, 2.05) is 37.4 Å². The summed E-state index contributed by atoms with van der Waals surface area (Å²) in [5, 5.41) is 21.0. The van der Waals surface area contributed by atoms with Gasteiger partial charge in [0.1, 0.15) is 17.4 Å². The molecule has 0 amide bonds. The Morgan fingerprint density at radius 2 is 1.25 bits per heavy atom. The van der Waals surface area contributed by atoms with E-state index >= 15 is 0 Å². The van der Waals surface area contributed by atoms with Crippen LogP contribution >= 0.6 is 0 Å². The number of phenols is 2. The lowest BCUT2D eigenvalue weighted by molar-refractivity contribution is 0.248. The van der Waals surface area contributed by atoms with Crippen molar-refractivity contribution in [1.82, 2.24) is 0 Å². The molecule has 2 rings (SSSR count). The monoisotopic (exact) mass is 476 g/mol. The van der Waals surface area contributed by atoms with Gasteiger partial charge in [0, 0.05) is 21.3 Å². The fraction of sp³-hybridized carbons (Fsp3) is 0.458. The van der Waals surface area contributed by atoms with E-state index in [1.54, 1.807) is 33.5 Å². The van der Waals surface area contributed by atoms with E-state index in [-0.39, 0.29) is 11.5 Å². The molecule has 2 N–H and O–H groups in total. The quantitative estimate of drug-likeness (QED) is 0.313. The van der Waals surface area contributed by atoms with Gasteiger partial charge in [-0.1, -0.05) is 24.3 Å². The summed E-state index contributed by atoms with van der Waals surface area (Å²) < 4.78 is 16.4. The van der Waals surface area contributed by atoms with Gasteiger partial charge in [0.25, 0.3) is 8.32 Å². The first-order chi connectivity index (χ1) is 15.2. The fourth-order valence-corrected chi connectivity index (χ4v) is 6.33. The third-order valence-electron chi connectivity index (χ3n) is 6.28. The molecule has 1 unspecified atom stereocenters. The van der Waals surface area contributed by atoms with Crippen molar-refractivity contribution in [2.45, 2.75) is 50.9 Å². The Bertz CT molecular complexity index is 900. The maximum Gasteiger partial charge on any atom is 0.334 e. The summed E-state index contributed by atoms with van der Waals surface area (Å²) in [7, 11) is 0.591. The highest BCUT2D eigenvalue weighted by atomic mass is 28.4. The Morgan fingerprint density at radius 3 is 1.62 bits per heavy atom. The second kappa shape index (κ2) is 11.8. The van der Waals surface area contributed by atoms with E-state index in [9.17, 15) is 15.0 Å². The number of rotatable bonds is 13. The highest BCUT2D eigenvalue weighted by Gasteiger charge is 2.28. The number of hydrogen-bond acceptors (Lipinski definition) is 6.